The Bertz CT molecular complexity index is 132. The Kier molecular flexibility index (Phi) is 2.14. The molecule has 3 atom stereocenters. The minimum absolute atomic E-state index is 0.567. The normalized spacial score (nSPS) is 43.9. The van der Waals surface area contributed by atoms with Gasteiger partial charge in [0.25, 0.3) is 0 Å². The van der Waals surface area contributed by atoms with Gasteiger partial charge in [-0.2, -0.15) is 0 Å². The molecule has 2 fully saturated rings. The average Bonchev–Trinajstić information content (AvgIpc) is 2.85. The molecule has 64 valence electrons. The molecule has 2 N–H and O–H groups in total. The lowest BCUT2D eigenvalue weighted by atomic mass is 10.0. The monoisotopic (exact) mass is 155 g/mol. The lowest BCUT2D eigenvalue weighted by molar-refractivity contribution is -0.000410. The lowest BCUT2D eigenvalue weighted by Gasteiger charge is -2.22. The number of nitrogens with two attached hydrogens (primary N) is 1. The van der Waals surface area contributed by atoms with Gasteiger partial charge in [-0.1, -0.05) is 0 Å². The van der Waals surface area contributed by atoms with Crippen LogP contribution in [0.25, 0.3) is 0 Å². The van der Waals surface area contributed by atoms with E-state index in [1.54, 1.807) is 0 Å². The van der Waals surface area contributed by atoms with Crippen molar-refractivity contribution in [3.05, 3.63) is 0 Å². The van der Waals surface area contributed by atoms with E-state index in [1.807, 2.05) is 0 Å². The first-order valence-corrected chi connectivity index (χ1v) is 4.73. The summed E-state index contributed by atoms with van der Waals surface area (Å²) in [5, 5.41) is 0. The average molecular weight is 155 g/mol. The summed E-state index contributed by atoms with van der Waals surface area (Å²) in [6.07, 6.45) is 5.79. The molecule has 1 saturated heterocycles. The van der Waals surface area contributed by atoms with Crippen molar-refractivity contribution in [3.63, 3.8) is 0 Å². The molecule has 0 aromatic rings. The van der Waals surface area contributed by atoms with E-state index < -0.39 is 0 Å². The SMILES string of the molecule is NCC1CC1C1CCCCO1. The Labute approximate surface area is 68.1 Å². The molecule has 2 rings (SSSR count). The molecule has 0 aromatic heterocycles. The van der Waals surface area contributed by atoms with Crippen LogP contribution in [-0.4, -0.2) is 19.3 Å². The van der Waals surface area contributed by atoms with E-state index in [0.717, 1.165) is 25.0 Å². The van der Waals surface area contributed by atoms with Crippen LogP contribution in [0.15, 0.2) is 0 Å². The Morgan fingerprint density at radius 3 is 2.82 bits per heavy atom. The topological polar surface area (TPSA) is 35.2 Å². The highest BCUT2D eigenvalue weighted by molar-refractivity contribution is 4.93. The Morgan fingerprint density at radius 2 is 2.27 bits per heavy atom. The number of ether oxygens (including phenoxy) is 1. The van der Waals surface area contributed by atoms with E-state index in [9.17, 15) is 0 Å². The first kappa shape index (κ1) is 7.56. The molecule has 0 radical (unpaired) electrons. The first-order valence-electron chi connectivity index (χ1n) is 4.73. The molecule has 1 saturated carbocycles. The van der Waals surface area contributed by atoms with Crippen molar-refractivity contribution in [2.24, 2.45) is 17.6 Å². The number of hydrogen-bond donors (Lipinski definition) is 1. The highest BCUT2D eigenvalue weighted by atomic mass is 16.5. The van der Waals surface area contributed by atoms with Gasteiger partial charge in [-0.15, -0.1) is 0 Å². The highest BCUT2D eigenvalue weighted by Crippen LogP contribution is 2.43. The fraction of sp³-hybridized carbons (Fsp3) is 1.00. The molecule has 0 bridgehead atoms. The second-order valence-electron chi connectivity index (χ2n) is 3.80. The smallest absolute Gasteiger partial charge is 0.0606 e. The third-order valence-electron chi connectivity index (χ3n) is 2.97. The molecular formula is C9H17NO. The fourth-order valence-electron chi connectivity index (χ4n) is 2.10. The molecule has 11 heavy (non-hydrogen) atoms. The second kappa shape index (κ2) is 3.11. The molecule has 2 nitrogen and oxygen atoms in total. The van der Waals surface area contributed by atoms with Crippen molar-refractivity contribution in [3.8, 4) is 0 Å². The summed E-state index contributed by atoms with van der Waals surface area (Å²) < 4.78 is 5.68. The molecule has 1 aliphatic heterocycles. The maximum Gasteiger partial charge on any atom is 0.0606 e. The summed E-state index contributed by atoms with van der Waals surface area (Å²) in [5.41, 5.74) is 5.58. The maximum atomic E-state index is 5.68. The van der Waals surface area contributed by atoms with E-state index in [4.69, 9.17) is 10.5 Å². The zero-order chi connectivity index (χ0) is 7.68. The number of rotatable bonds is 2. The molecule has 2 heteroatoms. The summed E-state index contributed by atoms with van der Waals surface area (Å²) in [6, 6.07) is 0. The van der Waals surface area contributed by atoms with Crippen LogP contribution in [0.1, 0.15) is 25.7 Å². The second-order valence-corrected chi connectivity index (χ2v) is 3.80. The highest BCUT2D eigenvalue weighted by Gasteiger charge is 2.42. The van der Waals surface area contributed by atoms with E-state index in [1.165, 1.54) is 25.7 Å². The molecule has 3 unspecified atom stereocenters. The zero-order valence-corrected chi connectivity index (χ0v) is 6.96. The van der Waals surface area contributed by atoms with E-state index in [0.29, 0.717) is 6.10 Å². The molecule has 0 spiro atoms. The van der Waals surface area contributed by atoms with Gasteiger partial charge < -0.3 is 10.5 Å². The van der Waals surface area contributed by atoms with Crippen molar-refractivity contribution >= 4 is 0 Å². The predicted octanol–water partition coefficient (Wildman–Crippen LogP) is 1.15. The fourth-order valence-corrected chi connectivity index (χ4v) is 2.10. The lowest BCUT2D eigenvalue weighted by Crippen LogP contribution is -2.22. The Morgan fingerprint density at radius 1 is 1.36 bits per heavy atom. The molecule has 1 aliphatic carbocycles. The van der Waals surface area contributed by atoms with Gasteiger partial charge in [-0.25, -0.2) is 0 Å². The van der Waals surface area contributed by atoms with E-state index in [-0.39, 0.29) is 0 Å². The van der Waals surface area contributed by atoms with Crippen molar-refractivity contribution in [2.75, 3.05) is 13.2 Å². The predicted molar refractivity (Wildman–Crippen MR) is 44.2 cm³/mol. The Balaban J connectivity index is 1.77. The van der Waals surface area contributed by atoms with Crippen LogP contribution < -0.4 is 5.73 Å². The third kappa shape index (κ3) is 1.57. The molecule has 1 heterocycles. The van der Waals surface area contributed by atoms with Crippen LogP contribution in [-0.2, 0) is 4.74 Å². The molecule has 0 amide bonds. The van der Waals surface area contributed by atoms with Crippen molar-refractivity contribution in [2.45, 2.75) is 31.8 Å². The van der Waals surface area contributed by atoms with Crippen LogP contribution in [0.2, 0.25) is 0 Å². The van der Waals surface area contributed by atoms with Gasteiger partial charge in [-0.3, -0.25) is 0 Å². The summed E-state index contributed by atoms with van der Waals surface area (Å²) in [4.78, 5) is 0. The van der Waals surface area contributed by atoms with Crippen molar-refractivity contribution in [1.82, 2.24) is 0 Å². The van der Waals surface area contributed by atoms with Crippen molar-refractivity contribution in [1.29, 1.82) is 0 Å². The maximum absolute atomic E-state index is 5.68. The van der Waals surface area contributed by atoms with E-state index >= 15 is 0 Å². The van der Waals surface area contributed by atoms with Gasteiger partial charge in [0.15, 0.2) is 0 Å². The van der Waals surface area contributed by atoms with Gasteiger partial charge >= 0.3 is 0 Å². The summed E-state index contributed by atoms with van der Waals surface area (Å²) in [7, 11) is 0. The summed E-state index contributed by atoms with van der Waals surface area (Å²) >= 11 is 0. The first-order chi connectivity index (χ1) is 5.42. The Hall–Kier alpha value is -0.0800. The minimum Gasteiger partial charge on any atom is -0.378 e. The van der Waals surface area contributed by atoms with Gasteiger partial charge in [0, 0.05) is 6.61 Å². The molecule has 2 aliphatic rings. The van der Waals surface area contributed by atoms with Crippen LogP contribution in [0, 0.1) is 11.8 Å². The van der Waals surface area contributed by atoms with E-state index in [2.05, 4.69) is 0 Å². The van der Waals surface area contributed by atoms with Gasteiger partial charge in [0.2, 0.25) is 0 Å². The largest absolute Gasteiger partial charge is 0.378 e. The van der Waals surface area contributed by atoms with Crippen LogP contribution in [0.5, 0.6) is 0 Å². The zero-order valence-electron chi connectivity index (χ0n) is 6.96. The minimum atomic E-state index is 0.567. The van der Waals surface area contributed by atoms with Crippen LogP contribution in [0.3, 0.4) is 0 Å². The summed E-state index contributed by atoms with van der Waals surface area (Å²) in [6.45, 7) is 1.85. The standard InChI is InChI=1S/C9H17NO/c10-6-7-5-8(7)9-3-1-2-4-11-9/h7-9H,1-6,10H2. The molecular weight excluding hydrogens is 138 g/mol. The van der Waals surface area contributed by atoms with Gasteiger partial charge in [0.1, 0.15) is 0 Å². The van der Waals surface area contributed by atoms with Gasteiger partial charge in [-0.05, 0) is 44.1 Å². The quantitative estimate of drug-likeness (QED) is 0.649. The van der Waals surface area contributed by atoms with Crippen molar-refractivity contribution < 1.29 is 4.74 Å². The van der Waals surface area contributed by atoms with Gasteiger partial charge in [0.05, 0.1) is 6.10 Å². The third-order valence-corrected chi connectivity index (χ3v) is 2.97. The van der Waals surface area contributed by atoms with Crippen LogP contribution >= 0.6 is 0 Å². The summed E-state index contributed by atoms with van der Waals surface area (Å²) in [5.74, 6) is 1.61. The van der Waals surface area contributed by atoms with Crippen LogP contribution in [0.4, 0.5) is 0 Å². The number of hydrogen-bond acceptors (Lipinski definition) is 2. The molecule has 0 aromatic carbocycles.